The minimum Gasteiger partial charge on any atom is -0.421 e. The monoisotopic (exact) mass is 329 g/mol. The molecule has 5 heteroatoms. The van der Waals surface area contributed by atoms with Crippen molar-refractivity contribution >= 4 is 22.6 Å². The lowest BCUT2D eigenvalue weighted by Crippen LogP contribution is -2.02. The summed E-state index contributed by atoms with van der Waals surface area (Å²) in [6.07, 6.45) is 0.620. The molecule has 16 heavy (non-hydrogen) atoms. The highest BCUT2D eigenvalue weighted by Gasteiger charge is 2.11. The third-order valence-corrected chi connectivity index (χ3v) is 3.68. The van der Waals surface area contributed by atoms with Crippen LogP contribution in [0.4, 0.5) is 0 Å². The number of benzene rings is 1. The number of nitrogens with two attached hydrogens (primary N) is 1. The Balaban J connectivity index is 2.39. The van der Waals surface area contributed by atoms with Crippen molar-refractivity contribution in [2.75, 3.05) is 6.54 Å². The molecule has 1 aromatic carbocycles. The Morgan fingerprint density at radius 1 is 1.38 bits per heavy atom. The first-order valence-electron chi connectivity index (χ1n) is 5.00. The van der Waals surface area contributed by atoms with Gasteiger partial charge in [0.15, 0.2) is 0 Å². The van der Waals surface area contributed by atoms with Crippen molar-refractivity contribution in [3.05, 3.63) is 33.2 Å². The van der Waals surface area contributed by atoms with E-state index in [2.05, 4.69) is 45.8 Å². The fourth-order valence-electron chi connectivity index (χ4n) is 1.40. The molecule has 2 aromatic rings. The number of aromatic nitrogens is 2. The Morgan fingerprint density at radius 3 is 2.94 bits per heavy atom. The molecule has 0 amide bonds. The van der Waals surface area contributed by atoms with Gasteiger partial charge in [0.1, 0.15) is 0 Å². The van der Waals surface area contributed by atoms with Crippen LogP contribution in [0.5, 0.6) is 0 Å². The Labute approximate surface area is 107 Å². The molecule has 0 spiro atoms. The molecule has 0 fully saturated rings. The molecular formula is C11H12IN3O. The van der Waals surface area contributed by atoms with Crippen LogP contribution in [-0.4, -0.2) is 16.7 Å². The Hall–Kier alpha value is -0.950. The van der Waals surface area contributed by atoms with Gasteiger partial charge in [0.2, 0.25) is 11.8 Å². The first-order valence-corrected chi connectivity index (χ1v) is 6.08. The average Bonchev–Trinajstić information content (AvgIpc) is 2.71. The van der Waals surface area contributed by atoms with Crippen LogP contribution in [0, 0.1) is 10.5 Å². The molecule has 0 bridgehead atoms. The van der Waals surface area contributed by atoms with Gasteiger partial charge in [-0.15, -0.1) is 10.2 Å². The van der Waals surface area contributed by atoms with Crippen LogP contribution in [0.2, 0.25) is 0 Å². The minimum atomic E-state index is 0.520. The molecule has 4 nitrogen and oxygen atoms in total. The van der Waals surface area contributed by atoms with Crippen molar-refractivity contribution < 1.29 is 4.42 Å². The zero-order valence-corrected chi connectivity index (χ0v) is 11.1. The molecule has 0 aliphatic carbocycles. The topological polar surface area (TPSA) is 64.9 Å². The van der Waals surface area contributed by atoms with Crippen LogP contribution in [0.15, 0.2) is 22.6 Å². The average molecular weight is 329 g/mol. The second-order valence-electron chi connectivity index (χ2n) is 3.48. The molecule has 0 unspecified atom stereocenters. The molecule has 0 saturated heterocycles. The highest BCUT2D eigenvalue weighted by atomic mass is 127. The molecule has 0 aliphatic heterocycles. The molecule has 0 aliphatic rings. The van der Waals surface area contributed by atoms with Crippen LogP contribution < -0.4 is 5.73 Å². The summed E-state index contributed by atoms with van der Waals surface area (Å²) in [5, 5.41) is 7.98. The maximum absolute atomic E-state index is 5.54. The van der Waals surface area contributed by atoms with E-state index in [-0.39, 0.29) is 0 Å². The summed E-state index contributed by atoms with van der Waals surface area (Å²) in [4.78, 5) is 0. The summed E-state index contributed by atoms with van der Waals surface area (Å²) in [5.41, 5.74) is 7.62. The van der Waals surface area contributed by atoms with Crippen LogP contribution in [0.3, 0.4) is 0 Å². The van der Waals surface area contributed by atoms with Gasteiger partial charge in [-0.25, -0.2) is 0 Å². The van der Waals surface area contributed by atoms with Crippen molar-refractivity contribution in [2.24, 2.45) is 5.73 Å². The highest BCUT2D eigenvalue weighted by Crippen LogP contribution is 2.26. The smallest absolute Gasteiger partial charge is 0.248 e. The molecule has 2 N–H and O–H groups in total. The van der Waals surface area contributed by atoms with Gasteiger partial charge in [-0.2, -0.15) is 0 Å². The lowest BCUT2D eigenvalue weighted by Gasteiger charge is -2.01. The van der Waals surface area contributed by atoms with Gasteiger partial charge in [-0.1, -0.05) is 12.1 Å². The van der Waals surface area contributed by atoms with E-state index in [1.54, 1.807) is 0 Å². The van der Waals surface area contributed by atoms with Gasteiger partial charge in [0.05, 0.1) is 5.56 Å². The van der Waals surface area contributed by atoms with E-state index < -0.39 is 0 Å². The SMILES string of the molecule is Cc1cccc(-c2nnc(CCN)o2)c1I. The summed E-state index contributed by atoms with van der Waals surface area (Å²) >= 11 is 2.29. The van der Waals surface area contributed by atoms with Gasteiger partial charge in [0, 0.05) is 16.5 Å². The fourth-order valence-corrected chi connectivity index (χ4v) is 1.99. The number of aryl methyl sites for hydroxylation is 1. The normalized spacial score (nSPS) is 10.7. The zero-order chi connectivity index (χ0) is 11.5. The lowest BCUT2D eigenvalue weighted by molar-refractivity contribution is 0.507. The van der Waals surface area contributed by atoms with Crippen LogP contribution in [0.1, 0.15) is 11.5 Å². The van der Waals surface area contributed by atoms with E-state index in [4.69, 9.17) is 10.2 Å². The molecule has 0 atom stereocenters. The number of nitrogens with zero attached hydrogens (tertiary/aromatic N) is 2. The second kappa shape index (κ2) is 4.92. The molecule has 2 rings (SSSR count). The van der Waals surface area contributed by atoms with Crippen LogP contribution >= 0.6 is 22.6 Å². The van der Waals surface area contributed by atoms with Crippen molar-refractivity contribution in [3.8, 4) is 11.5 Å². The van der Waals surface area contributed by atoms with Crippen LogP contribution in [0.25, 0.3) is 11.5 Å². The first kappa shape index (κ1) is 11.5. The second-order valence-corrected chi connectivity index (χ2v) is 4.55. The quantitative estimate of drug-likeness (QED) is 0.877. The molecule has 0 radical (unpaired) electrons. The molecular weight excluding hydrogens is 317 g/mol. The summed E-state index contributed by atoms with van der Waals surface area (Å²) in [6.45, 7) is 2.58. The van der Waals surface area contributed by atoms with E-state index in [0.717, 1.165) is 9.13 Å². The Morgan fingerprint density at radius 2 is 2.19 bits per heavy atom. The molecule has 0 saturated carbocycles. The predicted octanol–water partition coefficient (Wildman–Crippen LogP) is 2.15. The lowest BCUT2D eigenvalue weighted by atomic mass is 10.1. The minimum absolute atomic E-state index is 0.520. The number of halogens is 1. The van der Waals surface area contributed by atoms with Gasteiger partial charge in [0.25, 0.3) is 0 Å². The number of hydrogen-bond donors (Lipinski definition) is 1. The maximum atomic E-state index is 5.54. The van der Waals surface area contributed by atoms with E-state index in [0.29, 0.717) is 24.7 Å². The van der Waals surface area contributed by atoms with E-state index in [9.17, 15) is 0 Å². The largest absolute Gasteiger partial charge is 0.421 e. The fraction of sp³-hybridized carbons (Fsp3) is 0.273. The van der Waals surface area contributed by atoms with Crippen molar-refractivity contribution in [2.45, 2.75) is 13.3 Å². The number of hydrogen-bond acceptors (Lipinski definition) is 4. The number of rotatable bonds is 3. The highest BCUT2D eigenvalue weighted by molar-refractivity contribution is 14.1. The van der Waals surface area contributed by atoms with Crippen molar-refractivity contribution in [3.63, 3.8) is 0 Å². The summed E-state index contributed by atoms with van der Waals surface area (Å²) in [5.74, 6) is 1.16. The van der Waals surface area contributed by atoms with Crippen LogP contribution in [-0.2, 0) is 6.42 Å². The van der Waals surface area contributed by atoms with Gasteiger partial charge in [-0.3, -0.25) is 0 Å². The third-order valence-electron chi connectivity index (χ3n) is 2.25. The van der Waals surface area contributed by atoms with Crippen molar-refractivity contribution in [1.29, 1.82) is 0 Å². The van der Waals surface area contributed by atoms with Gasteiger partial charge >= 0.3 is 0 Å². The van der Waals surface area contributed by atoms with E-state index in [1.165, 1.54) is 5.56 Å². The first-order chi connectivity index (χ1) is 7.72. The van der Waals surface area contributed by atoms with Crippen molar-refractivity contribution in [1.82, 2.24) is 10.2 Å². The predicted molar refractivity (Wildman–Crippen MR) is 69.9 cm³/mol. The Kier molecular flexibility index (Phi) is 3.55. The summed E-state index contributed by atoms with van der Waals surface area (Å²) in [6, 6.07) is 6.02. The Bertz CT molecular complexity index is 496. The standard InChI is InChI=1S/C11H12IN3O/c1-7-3-2-4-8(10(7)12)11-15-14-9(16-11)5-6-13/h2-4H,5-6,13H2,1H3. The van der Waals surface area contributed by atoms with E-state index in [1.807, 2.05) is 12.1 Å². The molecule has 84 valence electrons. The maximum Gasteiger partial charge on any atom is 0.248 e. The molecule has 1 aromatic heterocycles. The van der Waals surface area contributed by atoms with Gasteiger partial charge < -0.3 is 10.2 Å². The third kappa shape index (κ3) is 2.25. The zero-order valence-electron chi connectivity index (χ0n) is 8.90. The summed E-state index contributed by atoms with van der Waals surface area (Å²) < 4.78 is 6.68. The van der Waals surface area contributed by atoms with Gasteiger partial charge in [-0.05, 0) is 41.1 Å². The summed E-state index contributed by atoms with van der Waals surface area (Å²) in [7, 11) is 0. The van der Waals surface area contributed by atoms with E-state index >= 15 is 0 Å². The molecule has 1 heterocycles.